The van der Waals surface area contributed by atoms with Crippen LogP contribution in [0.1, 0.15) is 16.8 Å². The fourth-order valence-corrected chi connectivity index (χ4v) is 4.73. The maximum absolute atomic E-state index is 12.7. The van der Waals surface area contributed by atoms with Crippen LogP contribution in [0.5, 0.6) is 0 Å². The van der Waals surface area contributed by atoms with Crippen LogP contribution < -0.4 is 5.43 Å². The number of pyridine rings is 1. The van der Waals surface area contributed by atoms with E-state index in [0.717, 1.165) is 11.4 Å². The molecule has 2 bridgehead atoms. The highest BCUT2D eigenvalue weighted by Crippen LogP contribution is 2.65. The summed E-state index contributed by atoms with van der Waals surface area (Å²) in [5, 5.41) is 0.947. The number of hydrogen-bond acceptors (Lipinski definition) is 4. The third-order valence-corrected chi connectivity index (χ3v) is 5.80. The Morgan fingerprint density at radius 2 is 1.78 bits per heavy atom. The molecule has 3 fully saturated rings. The molecule has 2 heterocycles. The number of imide groups is 1. The maximum atomic E-state index is 12.7. The molecule has 6 rings (SSSR count). The smallest absolute Gasteiger partial charge is 0.271 e. The van der Waals surface area contributed by atoms with Gasteiger partial charge >= 0.3 is 0 Å². The van der Waals surface area contributed by atoms with E-state index in [9.17, 15) is 14.4 Å². The number of aromatic nitrogens is 1. The largest absolute Gasteiger partial charge is 0.272 e. The van der Waals surface area contributed by atoms with Crippen LogP contribution in [0.4, 0.5) is 0 Å². The molecule has 6 heteroatoms. The van der Waals surface area contributed by atoms with E-state index in [1.165, 1.54) is 6.20 Å². The number of nitrogens with zero attached hydrogens (tertiary/aromatic N) is 2. The van der Waals surface area contributed by atoms with Gasteiger partial charge in [-0.25, -0.2) is 0 Å². The van der Waals surface area contributed by atoms with E-state index in [0.29, 0.717) is 17.4 Å². The second kappa shape index (κ2) is 4.28. The van der Waals surface area contributed by atoms with E-state index < -0.39 is 5.91 Å². The van der Waals surface area contributed by atoms with E-state index >= 15 is 0 Å². The molecule has 4 aliphatic carbocycles. The van der Waals surface area contributed by atoms with Gasteiger partial charge in [0, 0.05) is 12.4 Å². The molecule has 1 N–H and O–H groups in total. The average Bonchev–Trinajstić information content (AvgIpc) is 3.37. The number of rotatable bonds is 2. The Hall–Kier alpha value is -2.50. The fourth-order valence-electron chi connectivity index (χ4n) is 4.73. The van der Waals surface area contributed by atoms with Gasteiger partial charge in [0.2, 0.25) is 0 Å². The molecule has 23 heavy (non-hydrogen) atoms. The number of carbonyl (C=O) groups is 3. The van der Waals surface area contributed by atoms with Crippen LogP contribution >= 0.6 is 0 Å². The van der Waals surface area contributed by atoms with Crippen LogP contribution in [0, 0.1) is 35.5 Å². The lowest BCUT2D eigenvalue weighted by Gasteiger charge is -2.37. The Morgan fingerprint density at radius 1 is 1.13 bits per heavy atom. The molecule has 6 atom stereocenters. The van der Waals surface area contributed by atoms with E-state index in [4.69, 9.17) is 0 Å². The van der Waals surface area contributed by atoms with Crippen LogP contribution in [0.3, 0.4) is 0 Å². The van der Waals surface area contributed by atoms with Crippen molar-refractivity contribution in [2.24, 2.45) is 35.5 Å². The van der Waals surface area contributed by atoms with Crippen molar-refractivity contribution in [1.29, 1.82) is 0 Å². The molecule has 5 aliphatic rings. The number of nitrogens with one attached hydrogen (secondary N) is 1. The SMILES string of the molecule is O=C(NN1C(=O)[C@@H]2[C@H]3C=C[C@@H]([C@@H]4C[C@@H]34)[C@H]2C1=O)c1cccnc1. The summed E-state index contributed by atoms with van der Waals surface area (Å²) < 4.78 is 0. The van der Waals surface area contributed by atoms with Gasteiger partial charge in [-0.1, -0.05) is 12.2 Å². The molecule has 0 aromatic carbocycles. The minimum absolute atomic E-state index is 0.159. The highest BCUT2D eigenvalue weighted by molar-refractivity contribution is 6.08. The topological polar surface area (TPSA) is 79.4 Å². The molecule has 3 amide bonds. The summed E-state index contributed by atoms with van der Waals surface area (Å²) in [4.78, 5) is 41.5. The zero-order valence-electron chi connectivity index (χ0n) is 12.3. The number of amides is 3. The van der Waals surface area contributed by atoms with Gasteiger partial charge < -0.3 is 0 Å². The molecule has 1 aliphatic heterocycles. The highest BCUT2D eigenvalue weighted by Gasteiger charge is 2.67. The molecule has 1 saturated heterocycles. The van der Waals surface area contributed by atoms with Crippen molar-refractivity contribution in [2.45, 2.75) is 6.42 Å². The van der Waals surface area contributed by atoms with E-state index in [2.05, 4.69) is 22.6 Å². The van der Waals surface area contributed by atoms with Gasteiger partial charge in [-0.2, -0.15) is 5.01 Å². The fraction of sp³-hybridized carbons (Fsp3) is 0.412. The van der Waals surface area contributed by atoms with Gasteiger partial charge in [0.25, 0.3) is 17.7 Å². The minimum Gasteiger partial charge on any atom is -0.272 e. The van der Waals surface area contributed by atoms with Gasteiger partial charge in [0.1, 0.15) is 0 Å². The number of allylic oxidation sites excluding steroid dienone is 2. The highest BCUT2D eigenvalue weighted by atomic mass is 16.2. The van der Waals surface area contributed by atoms with Crippen molar-refractivity contribution >= 4 is 17.7 Å². The van der Waals surface area contributed by atoms with Gasteiger partial charge in [-0.05, 0) is 42.2 Å². The van der Waals surface area contributed by atoms with Crippen LogP contribution in [-0.2, 0) is 9.59 Å². The van der Waals surface area contributed by atoms with Gasteiger partial charge in [-0.15, -0.1) is 0 Å². The molecular formula is C17H15N3O3. The Labute approximate surface area is 132 Å². The monoisotopic (exact) mass is 309 g/mol. The summed E-state index contributed by atoms with van der Waals surface area (Å²) in [5.74, 6) is -0.175. The molecule has 0 radical (unpaired) electrons. The molecule has 0 spiro atoms. The summed E-state index contributed by atoms with van der Waals surface area (Å²) in [5.41, 5.74) is 2.80. The predicted molar refractivity (Wildman–Crippen MR) is 78.3 cm³/mol. The predicted octanol–water partition coefficient (Wildman–Crippen LogP) is 0.779. The summed E-state index contributed by atoms with van der Waals surface area (Å²) in [7, 11) is 0. The first-order valence-electron chi connectivity index (χ1n) is 7.94. The van der Waals surface area contributed by atoms with Crippen LogP contribution in [0.15, 0.2) is 36.7 Å². The molecule has 2 saturated carbocycles. The lowest BCUT2D eigenvalue weighted by atomic mass is 9.63. The first kappa shape index (κ1) is 13.0. The second-order valence-corrected chi connectivity index (χ2v) is 6.85. The lowest BCUT2D eigenvalue weighted by Crippen LogP contribution is -2.46. The molecule has 1 aromatic heterocycles. The zero-order valence-corrected chi connectivity index (χ0v) is 12.3. The minimum atomic E-state index is -0.482. The van der Waals surface area contributed by atoms with Crippen LogP contribution in [0.25, 0.3) is 0 Å². The third-order valence-electron chi connectivity index (χ3n) is 5.80. The normalized spacial score (nSPS) is 39.2. The van der Waals surface area contributed by atoms with E-state index in [-0.39, 0.29) is 35.5 Å². The van der Waals surface area contributed by atoms with Crippen molar-refractivity contribution in [3.05, 3.63) is 42.2 Å². The maximum Gasteiger partial charge on any atom is 0.271 e. The van der Waals surface area contributed by atoms with Gasteiger partial charge in [0.15, 0.2) is 0 Å². The lowest BCUT2D eigenvalue weighted by molar-refractivity contribution is -0.143. The number of hydrogen-bond donors (Lipinski definition) is 1. The molecule has 6 nitrogen and oxygen atoms in total. The zero-order chi connectivity index (χ0) is 15.7. The number of carbonyl (C=O) groups excluding carboxylic acids is 3. The van der Waals surface area contributed by atoms with Crippen LogP contribution in [-0.4, -0.2) is 27.7 Å². The summed E-state index contributed by atoms with van der Waals surface area (Å²) >= 11 is 0. The van der Waals surface area contributed by atoms with E-state index in [1.807, 2.05) is 0 Å². The average molecular weight is 309 g/mol. The van der Waals surface area contributed by atoms with Crippen LogP contribution in [0.2, 0.25) is 0 Å². The molecule has 0 unspecified atom stereocenters. The summed E-state index contributed by atoms with van der Waals surface area (Å²) in [6.07, 6.45) is 8.31. The molecule has 116 valence electrons. The van der Waals surface area contributed by atoms with Crippen molar-refractivity contribution in [3.8, 4) is 0 Å². The Bertz CT molecular complexity index is 724. The second-order valence-electron chi connectivity index (χ2n) is 6.85. The van der Waals surface area contributed by atoms with Gasteiger partial charge in [-0.3, -0.25) is 24.8 Å². The number of hydrazine groups is 1. The third kappa shape index (κ3) is 1.63. The van der Waals surface area contributed by atoms with Crippen molar-refractivity contribution in [1.82, 2.24) is 15.4 Å². The van der Waals surface area contributed by atoms with Crippen molar-refractivity contribution in [3.63, 3.8) is 0 Å². The standard InChI is InChI=1S/C17H15N3O3/c21-15(8-2-1-5-18-7-8)19-20-16(22)13-9-3-4-10(12-6-11(9)12)14(13)17(20)23/h1-5,7,9-14H,6H2,(H,19,21)/t9-,10-,11-,12-,13+,14+/m0/s1. The summed E-state index contributed by atoms with van der Waals surface area (Å²) in [6.45, 7) is 0. The molecular weight excluding hydrogens is 294 g/mol. The first-order valence-corrected chi connectivity index (χ1v) is 7.94. The van der Waals surface area contributed by atoms with E-state index in [1.54, 1.807) is 18.3 Å². The van der Waals surface area contributed by atoms with Gasteiger partial charge in [0.05, 0.1) is 17.4 Å². The van der Waals surface area contributed by atoms with Crippen molar-refractivity contribution < 1.29 is 14.4 Å². The van der Waals surface area contributed by atoms with Crippen molar-refractivity contribution in [2.75, 3.05) is 0 Å². The first-order chi connectivity index (χ1) is 11.2. The summed E-state index contributed by atoms with van der Waals surface area (Å²) in [6, 6.07) is 3.24. The Kier molecular flexibility index (Phi) is 2.42. The Morgan fingerprint density at radius 3 is 2.35 bits per heavy atom. The quantitative estimate of drug-likeness (QED) is 0.647. The molecule has 1 aromatic rings. The Balaban J connectivity index is 1.42.